The van der Waals surface area contributed by atoms with Crippen LogP contribution < -0.4 is 14.8 Å². The Labute approximate surface area is 237 Å². The van der Waals surface area contributed by atoms with E-state index >= 15 is 0 Å². The highest BCUT2D eigenvalue weighted by molar-refractivity contribution is 9.10. The number of aromatic nitrogens is 1. The molecule has 1 N–H and O–H groups in total. The number of hydrogen-bond acceptors (Lipinski definition) is 8. The van der Waals surface area contributed by atoms with Gasteiger partial charge < -0.3 is 14.8 Å². The number of anilines is 1. The van der Waals surface area contributed by atoms with Gasteiger partial charge in [0, 0.05) is 27.7 Å². The molecular formula is C28H21BrN4O5S. The molecule has 9 nitrogen and oxygen atoms in total. The molecule has 0 bridgehead atoms. The Hall–Kier alpha value is -4.40. The predicted octanol–water partition coefficient (Wildman–Crippen LogP) is 6.71. The number of nitro groups is 1. The molecule has 0 radical (unpaired) electrons. The number of pyridine rings is 1. The van der Waals surface area contributed by atoms with E-state index in [1.807, 2.05) is 42.5 Å². The Morgan fingerprint density at radius 3 is 2.44 bits per heavy atom. The second kappa shape index (κ2) is 12.4. The van der Waals surface area contributed by atoms with E-state index in [1.54, 1.807) is 19.2 Å². The van der Waals surface area contributed by atoms with E-state index in [9.17, 15) is 20.2 Å². The lowest BCUT2D eigenvalue weighted by molar-refractivity contribution is -0.384. The van der Waals surface area contributed by atoms with Crippen LogP contribution in [0, 0.1) is 21.4 Å². The van der Waals surface area contributed by atoms with Gasteiger partial charge in [0.25, 0.3) is 5.69 Å². The molecule has 196 valence electrons. The van der Waals surface area contributed by atoms with E-state index in [4.69, 9.17) is 14.5 Å². The van der Waals surface area contributed by atoms with Crippen molar-refractivity contribution in [2.24, 2.45) is 0 Å². The van der Waals surface area contributed by atoms with Crippen molar-refractivity contribution in [2.45, 2.75) is 5.03 Å². The van der Waals surface area contributed by atoms with Gasteiger partial charge in [-0.05, 0) is 45.8 Å². The molecule has 0 unspecified atom stereocenters. The number of benzene rings is 3. The van der Waals surface area contributed by atoms with Crippen LogP contribution in [0.2, 0.25) is 0 Å². The first kappa shape index (κ1) is 27.6. The highest BCUT2D eigenvalue weighted by Crippen LogP contribution is 2.38. The normalized spacial score (nSPS) is 10.4. The molecule has 0 atom stereocenters. The second-order valence-corrected chi connectivity index (χ2v) is 9.86. The predicted molar refractivity (Wildman–Crippen MR) is 153 cm³/mol. The van der Waals surface area contributed by atoms with Gasteiger partial charge in [-0.1, -0.05) is 48.2 Å². The molecule has 1 aromatic heterocycles. The minimum absolute atomic E-state index is 0.0469. The average molecular weight is 605 g/mol. The standard InChI is InChI=1S/C28H21BrN4O5S/c1-37-25-11-8-18(12-26(25)38-2)20-14-24(17-6-4-3-5-7-17)32-28(21(20)15-30)39-16-27(34)31-23-10-9-19(33(35)36)13-22(23)29/h3-14H,16H2,1-2H3,(H,31,34). The van der Waals surface area contributed by atoms with Gasteiger partial charge in [0.15, 0.2) is 11.5 Å². The van der Waals surface area contributed by atoms with Crippen LogP contribution in [0.5, 0.6) is 11.5 Å². The van der Waals surface area contributed by atoms with Gasteiger partial charge in [-0.3, -0.25) is 14.9 Å². The number of ether oxygens (including phenoxy) is 2. The van der Waals surface area contributed by atoms with Crippen molar-refractivity contribution in [1.29, 1.82) is 5.26 Å². The van der Waals surface area contributed by atoms with Gasteiger partial charge >= 0.3 is 0 Å². The van der Waals surface area contributed by atoms with E-state index in [-0.39, 0.29) is 17.3 Å². The van der Waals surface area contributed by atoms with Gasteiger partial charge in [0.05, 0.1) is 41.8 Å². The Bertz CT molecular complexity index is 1590. The summed E-state index contributed by atoms with van der Waals surface area (Å²) in [4.78, 5) is 28.0. The summed E-state index contributed by atoms with van der Waals surface area (Å²) in [6.07, 6.45) is 0. The SMILES string of the molecule is COc1ccc(-c2cc(-c3ccccc3)nc(SCC(=O)Nc3ccc([N+](=O)[O-])cc3Br)c2C#N)cc1OC. The van der Waals surface area contributed by atoms with Crippen LogP contribution in [0.3, 0.4) is 0 Å². The Balaban J connectivity index is 1.69. The van der Waals surface area contributed by atoms with Crippen LogP contribution in [0.1, 0.15) is 5.56 Å². The van der Waals surface area contributed by atoms with E-state index < -0.39 is 4.92 Å². The van der Waals surface area contributed by atoms with Crippen LogP contribution in [-0.2, 0) is 4.79 Å². The van der Waals surface area contributed by atoms with Crippen molar-refractivity contribution in [3.05, 3.63) is 92.9 Å². The summed E-state index contributed by atoms with van der Waals surface area (Å²) >= 11 is 4.38. The van der Waals surface area contributed by atoms with Gasteiger partial charge in [-0.25, -0.2) is 4.98 Å². The number of carbonyl (C=O) groups excluding carboxylic acids is 1. The summed E-state index contributed by atoms with van der Waals surface area (Å²) < 4.78 is 11.2. The molecule has 0 saturated carbocycles. The van der Waals surface area contributed by atoms with E-state index in [0.717, 1.165) is 22.9 Å². The molecule has 0 saturated heterocycles. The molecule has 0 aliphatic rings. The first-order chi connectivity index (χ1) is 18.8. The van der Waals surface area contributed by atoms with E-state index in [1.165, 1.54) is 25.3 Å². The molecule has 0 spiro atoms. The van der Waals surface area contributed by atoms with E-state index in [2.05, 4.69) is 27.3 Å². The number of non-ortho nitro benzene ring substituents is 1. The molecule has 39 heavy (non-hydrogen) atoms. The second-order valence-electron chi connectivity index (χ2n) is 8.04. The molecular weight excluding hydrogens is 584 g/mol. The van der Waals surface area contributed by atoms with Gasteiger partial charge in [0.2, 0.25) is 5.91 Å². The van der Waals surface area contributed by atoms with E-state index in [0.29, 0.717) is 43.5 Å². The molecule has 0 aliphatic heterocycles. The molecule has 11 heteroatoms. The molecule has 4 aromatic rings. The number of carbonyl (C=O) groups is 1. The number of nitro benzene ring substituents is 1. The van der Waals surface area contributed by atoms with Gasteiger partial charge in [-0.2, -0.15) is 5.26 Å². The summed E-state index contributed by atoms with van der Waals surface area (Å²) in [7, 11) is 3.09. The van der Waals surface area contributed by atoms with Gasteiger partial charge in [0.1, 0.15) is 11.1 Å². The first-order valence-corrected chi connectivity index (χ1v) is 13.2. The van der Waals surface area contributed by atoms with Crippen molar-refractivity contribution in [1.82, 2.24) is 4.98 Å². The molecule has 4 rings (SSSR count). The summed E-state index contributed by atoms with van der Waals surface area (Å²) in [5.74, 6) is 0.660. The topological polar surface area (TPSA) is 127 Å². The maximum absolute atomic E-state index is 12.8. The fourth-order valence-electron chi connectivity index (χ4n) is 3.76. The Morgan fingerprint density at radius 1 is 1.05 bits per heavy atom. The Kier molecular flexibility index (Phi) is 8.81. The zero-order chi connectivity index (χ0) is 27.9. The molecule has 1 heterocycles. The number of rotatable bonds is 9. The lowest BCUT2D eigenvalue weighted by atomic mass is 9.99. The minimum atomic E-state index is -0.517. The number of halogens is 1. The van der Waals surface area contributed by atoms with Crippen LogP contribution in [0.4, 0.5) is 11.4 Å². The number of amides is 1. The monoisotopic (exact) mass is 604 g/mol. The summed E-state index contributed by atoms with van der Waals surface area (Å²) in [5, 5.41) is 24.2. The number of thioether (sulfide) groups is 1. The maximum Gasteiger partial charge on any atom is 0.270 e. The number of hydrogen-bond donors (Lipinski definition) is 1. The number of methoxy groups -OCH3 is 2. The highest BCUT2D eigenvalue weighted by atomic mass is 79.9. The maximum atomic E-state index is 12.8. The van der Waals surface area contributed by atoms with Crippen LogP contribution in [0.25, 0.3) is 22.4 Å². The van der Waals surface area contributed by atoms with Crippen LogP contribution in [0.15, 0.2) is 82.3 Å². The van der Waals surface area contributed by atoms with Crippen molar-refractivity contribution in [3.8, 4) is 40.0 Å². The lowest BCUT2D eigenvalue weighted by Gasteiger charge is -2.14. The summed E-state index contributed by atoms with van der Waals surface area (Å²) in [5.41, 5.74) is 3.46. The van der Waals surface area contributed by atoms with Crippen LogP contribution in [-0.4, -0.2) is 35.8 Å². The smallest absolute Gasteiger partial charge is 0.270 e. The van der Waals surface area contributed by atoms with Crippen molar-refractivity contribution < 1.29 is 19.2 Å². The van der Waals surface area contributed by atoms with Gasteiger partial charge in [-0.15, -0.1) is 0 Å². The van der Waals surface area contributed by atoms with Crippen LogP contribution >= 0.6 is 27.7 Å². The number of nitriles is 1. The molecule has 0 aliphatic carbocycles. The average Bonchev–Trinajstić information content (AvgIpc) is 2.96. The fraction of sp³-hybridized carbons (Fsp3) is 0.107. The largest absolute Gasteiger partial charge is 0.493 e. The summed E-state index contributed by atoms with van der Waals surface area (Å²) in [6, 6.07) is 23.1. The first-order valence-electron chi connectivity index (χ1n) is 11.4. The third-order valence-electron chi connectivity index (χ3n) is 5.64. The highest BCUT2D eigenvalue weighted by Gasteiger charge is 2.19. The number of nitrogens with zero attached hydrogens (tertiary/aromatic N) is 3. The summed E-state index contributed by atoms with van der Waals surface area (Å²) in [6.45, 7) is 0. The van der Waals surface area contributed by atoms with Crippen molar-refractivity contribution in [3.63, 3.8) is 0 Å². The third-order valence-corrected chi connectivity index (χ3v) is 7.27. The zero-order valence-electron chi connectivity index (χ0n) is 20.8. The number of nitrogens with one attached hydrogen (secondary N) is 1. The quantitative estimate of drug-likeness (QED) is 0.127. The minimum Gasteiger partial charge on any atom is -0.493 e. The molecule has 0 fully saturated rings. The fourth-order valence-corrected chi connectivity index (χ4v) is 5.03. The third kappa shape index (κ3) is 6.37. The van der Waals surface area contributed by atoms with Crippen molar-refractivity contribution in [2.75, 3.05) is 25.3 Å². The lowest BCUT2D eigenvalue weighted by Crippen LogP contribution is -2.15. The molecule has 1 amide bonds. The van der Waals surface area contributed by atoms with Crippen molar-refractivity contribution >= 4 is 45.0 Å². The zero-order valence-corrected chi connectivity index (χ0v) is 23.2. The molecule has 3 aromatic carbocycles. The Morgan fingerprint density at radius 2 is 1.79 bits per heavy atom.